The summed E-state index contributed by atoms with van der Waals surface area (Å²) in [6.07, 6.45) is -4.56. The molecule has 0 saturated carbocycles. The maximum Gasteiger partial charge on any atom is 0.416 e. The summed E-state index contributed by atoms with van der Waals surface area (Å²) in [7, 11) is 1.38. The first-order valence-corrected chi connectivity index (χ1v) is 3.64. The lowest BCUT2D eigenvalue weighted by Gasteiger charge is -2.11. The molecule has 1 aromatic rings. The van der Waals surface area contributed by atoms with Gasteiger partial charge in [-0.15, -0.1) is 0 Å². The van der Waals surface area contributed by atoms with E-state index in [1.165, 1.54) is 7.05 Å². The highest BCUT2D eigenvalue weighted by molar-refractivity contribution is 5.35. The van der Waals surface area contributed by atoms with Gasteiger partial charge in [-0.1, -0.05) is 0 Å². The Morgan fingerprint density at radius 1 is 1.43 bits per heavy atom. The third-order valence-corrected chi connectivity index (χ3v) is 1.61. The number of rotatable bonds is 1. The molecule has 0 aliphatic rings. The lowest BCUT2D eigenvalue weighted by atomic mass is 10.2. The molecule has 0 aliphatic heterocycles. The highest BCUT2D eigenvalue weighted by Crippen LogP contribution is 2.28. The molecule has 78 valence electrons. The van der Waals surface area contributed by atoms with E-state index in [1.54, 1.807) is 0 Å². The number of pyridine rings is 1. The molecule has 4 nitrogen and oxygen atoms in total. The van der Waals surface area contributed by atoms with E-state index in [0.717, 1.165) is 4.68 Å². The summed E-state index contributed by atoms with van der Waals surface area (Å²) in [5.74, 6) is -0.285. The van der Waals surface area contributed by atoms with Gasteiger partial charge in [-0.3, -0.25) is 4.79 Å². The molecule has 1 rings (SSSR count). The quantitative estimate of drug-likeness (QED) is 0.709. The van der Waals surface area contributed by atoms with E-state index >= 15 is 0 Å². The molecule has 0 spiro atoms. The standard InChI is InChI=1S/C7H8F3N3O/c1-12-13-5(11)2-4(3-6(13)14)7(8,9)10/h2-3,12H,11H2,1H3. The van der Waals surface area contributed by atoms with Gasteiger partial charge in [0.05, 0.1) is 5.56 Å². The van der Waals surface area contributed by atoms with Crippen LogP contribution in [0.25, 0.3) is 0 Å². The number of anilines is 1. The molecule has 0 amide bonds. The smallest absolute Gasteiger partial charge is 0.384 e. The maximum absolute atomic E-state index is 12.2. The molecule has 0 atom stereocenters. The first-order chi connectivity index (χ1) is 6.36. The summed E-state index contributed by atoms with van der Waals surface area (Å²) >= 11 is 0. The molecule has 0 radical (unpaired) electrons. The molecule has 3 N–H and O–H groups in total. The van der Waals surface area contributed by atoms with Crippen molar-refractivity contribution >= 4 is 5.82 Å². The van der Waals surface area contributed by atoms with Crippen LogP contribution in [0.4, 0.5) is 19.0 Å². The summed E-state index contributed by atoms with van der Waals surface area (Å²) in [5, 5.41) is 0. The van der Waals surface area contributed by atoms with Crippen LogP contribution in [0.15, 0.2) is 16.9 Å². The van der Waals surface area contributed by atoms with Crippen molar-refractivity contribution in [2.24, 2.45) is 0 Å². The fraction of sp³-hybridized carbons (Fsp3) is 0.286. The van der Waals surface area contributed by atoms with E-state index in [-0.39, 0.29) is 5.82 Å². The van der Waals surface area contributed by atoms with Crippen molar-refractivity contribution < 1.29 is 13.2 Å². The van der Waals surface area contributed by atoms with E-state index in [0.29, 0.717) is 12.1 Å². The van der Waals surface area contributed by atoms with Crippen LogP contribution in [0.5, 0.6) is 0 Å². The molecule has 0 bridgehead atoms. The Balaban J connectivity index is 3.36. The van der Waals surface area contributed by atoms with Crippen molar-refractivity contribution in [2.75, 3.05) is 18.2 Å². The minimum atomic E-state index is -4.56. The van der Waals surface area contributed by atoms with Crippen molar-refractivity contribution in [3.63, 3.8) is 0 Å². The van der Waals surface area contributed by atoms with Crippen molar-refractivity contribution in [1.82, 2.24) is 4.68 Å². The number of aromatic nitrogens is 1. The van der Waals surface area contributed by atoms with E-state index in [9.17, 15) is 18.0 Å². The first-order valence-electron chi connectivity index (χ1n) is 3.64. The monoisotopic (exact) mass is 207 g/mol. The number of hydrogen-bond acceptors (Lipinski definition) is 3. The number of nitrogens with two attached hydrogens (primary N) is 1. The Hall–Kier alpha value is -1.66. The largest absolute Gasteiger partial charge is 0.416 e. The summed E-state index contributed by atoms with van der Waals surface area (Å²) in [5.41, 5.74) is 5.69. The Morgan fingerprint density at radius 2 is 2.00 bits per heavy atom. The van der Waals surface area contributed by atoms with E-state index in [1.807, 2.05) is 0 Å². The predicted octanol–water partition coefficient (Wildman–Crippen LogP) is 0.623. The van der Waals surface area contributed by atoms with Crippen LogP contribution < -0.4 is 16.7 Å². The van der Waals surface area contributed by atoms with Gasteiger partial charge >= 0.3 is 6.18 Å². The number of alkyl halides is 3. The Morgan fingerprint density at radius 3 is 2.36 bits per heavy atom. The lowest BCUT2D eigenvalue weighted by molar-refractivity contribution is -0.137. The average molecular weight is 207 g/mol. The number of hydrogen-bond donors (Lipinski definition) is 2. The Bertz CT molecular complexity index is 396. The maximum atomic E-state index is 12.2. The molecule has 0 aliphatic carbocycles. The SMILES string of the molecule is CNn1c(N)cc(C(F)(F)F)cc1=O. The van der Waals surface area contributed by atoms with E-state index in [4.69, 9.17) is 5.73 Å². The van der Waals surface area contributed by atoms with Crippen LogP contribution in [0.1, 0.15) is 5.56 Å². The van der Waals surface area contributed by atoms with Gasteiger partial charge in [0.1, 0.15) is 5.82 Å². The molecule has 1 aromatic heterocycles. The third-order valence-electron chi connectivity index (χ3n) is 1.61. The molecular weight excluding hydrogens is 199 g/mol. The van der Waals surface area contributed by atoms with Crippen molar-refractivity contribution in [3.8, 4) is 0 Å². The first kappa shape index (κ1) is 10.4. The van der Waals surface area contributed by atoms with Gasteiger partial charge in [0.2, 0.25) is 0 Å². The zero-order chi connectivity index (χ0) is 10.9. The highest BCUT2D eigenvalue weighted by Gasteiger charge is 2.31. The number of nitrogen functional groups attached to an aromatic ring is 1. The van der Waals surface area contributed by atoms with Gasteiger partial charge in [-0.25, -0.2) is 4.68 Å². The number of halogens is 3. The second-order valence-corrected chi connectivity index (χ2v) is 2.56. The summed E-state index contributed by atoms with van der Waals surface area (Å²) in [6.45, 7) is 0. The predicted molar refractivity (Wildman–Crippen MR) is 45.4 cm³/mol. The van der Waals surface area contributed by atoms with Crippen molar-refractivity contribution in [1.29, 1.82) is 0 Å². The van der Waals surface area contributed by atoms with E-state index in [2.05, 4.69) is 5.43 Å². The van der Waals surface area contributed by atoms with Crippen LogP contribution in [-0.4, -0.2) is 11.7 Å². The van der Waals surface area contributed by atoms with Crippen LogP contribution in [0.3, 0.4) is 0 Å². The summed E-state index contributed by atoms with van der Waals surface area (Å²) in [4.78, 5) is 11.1. The van der Waals surface area contributed by atoms with Crippen LogP contribution >= 0.6 is 0 Å². The van der Waals surface area contributed by atoms with Gasteiger partial charge in [0, 0.05) is 13.1 Å². The molecule has 0 aromatic carbocycles. The van der Waals surface area contributed by atoms with Crippen molar-refractivity contribution in [2.45, 2.75) is 6.18 Å². The highest BCUT2D eigenvalue weighted by atomic mass is 19.4. The van der Waals surface area contributed by atoms with Gasteiger partial charge in [-0.05, 0) is 6.07 Å². The molecular formula is C7H8F3N3O. The second-order valence-electron chi connectivity index (χ2n) is 2.56. The fourth-order valence-corrected chi connectivity index (χ4v) is 0.993. The van der Waals surface area contributed by atoms with Crippen LogP contribution in [-0.2, 0) is 6.18 Å². The average Bonchev–Trinajstić information content (AvgIpc) is 2.01. The normalized spacial score (nSPS) is 11.4. The zero-order valence-electron chi connectivity index (χ0n) is 7.22. The molecule has 14 heavy (non-hydrogen) atoms. The third kappa shape index (κ3) is 1.81. The van der Waals surface area contributed by atoms with Crippen molar-refractivity contribution in [3.05, 3.63) is 28.0 Å². The minimum absolute atomic E-state index is 0.285. The van der Waals surface area contributed by atoms with Gasteiger partial charge < -0.3 is 11.2 Å². The van der Waals surface area contributed by atoms with Gasteiger partial charge in [0.15, 0.2) is 0 Å². The molecule has 0 unspecified atom stereocenters. The fourth-order valence-electron chi connectivity index (χ4n) is 0.993. The number of nitrogens with one attached hydrogen (secondary N) is 1. The summed E-state index contributed by atoms with van der Waals surface area (Å²) < 4.78 is 37.3. The molecule has 0 saturated heterocycles. The van der Waals surface area contributed by atoms with Gasteiger partial charge in [-0.2, -0.15) is 13.2 Å². The Kier molecular flexibility index (Phi) is 2.41. The Labute approximate surface area is 77.1 Å². The van der Waals surface area contributed by atoms with Crippen LogP contribution in [0, 0.1) is 0 Å². The second kappa shape index (κ2) is 3.24. The topological polar surface area (TPSA) is 60.1 Å². The molecule has 1 heterocycles. The van der Waals surface area contributed by atoms with Crippen LogP contribution in [0.2, 0.25) is 0 Å². The lowest BCUT2D eigenvalue weighted by Crippen LogP contribution is -2.29. The van der Waals surface area contributed by atoms with E-state index < -0.39 is 17.3 Å². The van der Waals surface area contributed by atoms with Gasteiger partial charge in [0.25, 0.3) is 5.56 Å². The molecule has 0 fully saturated rings. The molecule has 7 heteroatoms. The minimum Gasteiger partial charge on any atom is -0.384 e. The number of nitrogens with zero attached hydrogens (tertiary/aromatic N) is 1. The zero-order valence-corrected chi connectivity index (χ0v) is 7.22. The summed E-state index contributed by atoms with van der Waals surface area (Å²) in [6, 6.07) is 1.17.